The molecule has 4 unspecified atom stereocenters. The summed E-state index contributed by atoms with van der Waals surface area (Å²) in [5, 5.41) is 16.7. The fraction of sp³-hybridized carbons (Fsp3) is 0.400. The first-order valence-electron chi connectivity index (χ1n) is 13.8. The lowest BCUT2D eigenvalue weighted by molar-refractivity contribution is -0.0198. The Morgan fingerprint density at radius 3 is 2.67 bits per heavy atom. The maximum absolute atomic E-state index is 15.0. The molecule has 12 heteroatoms. The van der Waals surface area contributed by atoms with Crippen LogP contribution in [0, 0.1) is 28.9 Å². The number of halogens is 2. The van der Waals surface area contributed by atoms with Crippen LogP contribution in [0.15, 0.2) is 48.9 Å². The van der Waals surface area contributed by atoms with E-state index in [1.807, 2.05) is 6.07 Å². The topological polar surface area (TPSA) is 133 Å². The molecule has 5 rings (SSSR count). The first-order chi connectivity index (χ1) is 20.4. The maximum atomic E-state index is 15.0. The third-order valence-electron chi connectivity index (χ3n) is 7.47. The average Bonchev–Trinajstić information content (AvgIpc) is 3.36. The number of nitrogens with one attached hydrogen (secondary N) is 1. The normalized spacial score (nSPS) is 20.4. The molecule has 3 aromatic heterocycles. The van der Waals surface area contributed by atoms with Crippen molar-refractivity contribution < 1.29 is 23.0 Å². The highest BCUT2D eigenvalue weighted by Gasteiger charge is 2.35. The number of benzene rings is 1. The first kappa shape index (κ1) is 29.3. The van der Waals surface area contributed by atoms with Gasteiger partial charge in [0.15, 0.2) is 0 Å². The number of anilines is 2. The highest BCUT2D eigenvalue weighted by Crippen LogP contribution is 2.40. The predicted octanol–water partition coefficient (Wildman–Crippen LogP) is 4.98. The van der Waals surface area contributed by atoms with Crippen LogP contribution < -0.4 is 15.8 Å². The van der Waals surface area contributed by atoms with Crippen LogP contribution in [-0.2, 0) is 9.47 Å². The third-order valence-corrected chi connectivity index (χ3v) is 7.47. The summed E-state index contributed by atoms with van der Waals surface area (Å²) in [7, 11) is 1.52. The number of nitrogens with zero attached hydrogens (tertiary/aromatic N) is 5. The molecule has 42 heavy (non-hydrogen) atoms. The Bertz CT molecular complexity index is 1540. The van der Waals surface area contributed by atoms with E-state index in [1.165, 1.54) is 11.6 Å². The van der Waals surface area contributed by atoms with E-state index < -0.39 is 11.6 Å². The van der Waals surface area contributed by atoms with Gasteiger partial charge in [0.25, 0.3) is 0 Å². The Kier molecular flexibility index (Phi) is 9.22. The highest BCUT2D eigenvalue weighted by atomic mass is 19.1. The standard InChI is InChI=1S/C30H33F2N7O3/c1-18-12-19(13-25(34)29(18)42-9-3-7-33)22-6-8-35-17-27(22)37-30-36-16-20-4-5-26(38-39(20)30)28-23(31)14-21(15-24(28)32)41-11-10-40-2/h4-6,8,14-19,25,29H,3,9-13,34H2,1-2H3,(H,36,37). The minimum absolute atomic E-state index is 0.0674. The summed E-state index contributed by atoms with van der Waals surface area (Å²) in [6, 6.07) is 9.37. The molecule has 10 nitrogen and oxygen atoms in total. The molecule has 0 bridgehead atoms. The number of nitrogens with two attached hydrogens (primary N) is 1. The third kappa shape index (κ3) is 6.33. The monoisotopic (exact) mass is 577 g/mol. The SMILES string of the molecule is COCCOc1cc(F)c(-c2ccc3cnc(Nc4cnccc4C4CC(C)C(OCCC#N)C(N)C4)n3n2)c(F)c1. The van der Waals surface area contributed by atoms with Crippen molar-refractivity contribution in [1.82, 2.24) is 19.6 Å². The quantitative estimate of drug-likeness (QED) is 0.237. The lowest BCUT2D eigenvalue weighted by Gasteiger charge is -2.39. The van der Waals surface area contributed by atoms with Gasteiger partial charge in [0.1, 0.15) is 24.0 Å². The fourth-order valence-electron chi connectivity index (χ4n) is 5.55. The molecule has 4 aromatic rings. The van der Waals surface area contributed by atoms with Gasteiger partial charge in [-0.25, -0.2) is 13.8 Å². The number of ether oxygens (including phenoxy) is 3. The number of hydrogen-bond donors (Lipinski definition) is 2. The van der Waals surface area contributed by atoms with Crippen molar-refractivity contribution in [2.24, 2.45) is 11.7 Å². The predicted molar refractivity (Wildman–Crippen MR) is 152 cm³/mol. The molecular weight excluding hydrogens is 544 g/mol. The van der Waals surface area contributed by atoms with E-state index in [9.17, 15) is 0 Å². The summed E-state index contributed by atoms with van der Waals surface area (Å²) in [6.07, 6.45) is 6.84. The molecular formula is C30H33F2N7O3. The van der Waals surface area contributed by atoms with Gasteiger partial charge in [-0.15, -0.1) is 0 Å². The van der Waals surface area contributed by atoms with E-state index >= 15 is 8.78 Å². The molecule has 1 saturated carbocycles. The van der Waals surface area contributed by atoms with Crippen LogP contribution in [0.1, 0.15) is 37.7 Å². The van der Waals surface area contributed by atoms with E-state index in [0.29, 0.717) is 37.5 Å². The Morgan fingerprint density at radius 1 is 1.12 bits per heavy atom. The van der Waals surface area contributed by atoms with Gasteiger partial charge in [0.05, 0.1) is 66.7 Å². The molecule has 1 aliphatic rings. The number of fused-ring (bicyclic) bond motifs is 1. The first-order valence-corrected chi connectivity index (χ1v) is 13.8. The second kappa shape index (κ2) is 13.2. The summed E-state index contributed by atoms with van der Waals surface area (Å²) in [6.45, 7) is 2.94. The van der Waals surface area contributed by atoms with E-state index in [1.54, 1.807) is 30.7 Å². The molecule has 3 heterocycles. The lowest BCUT2D eigenvalue weighted by atomic mass is 9.74. The zero-order valence-electron chi connectivity index (χ0n) is 23.5. The van der Waals surface area contributed by atoms with Crippen molar-refractivity contribution >= 4 is 17.2 Å². The van der Waals surface area contributed by atoms with Crippen LogP contribution in [0.3, 0.4) is 0 Å². The van der Waals surface area contributed by atoms with Gasteiger partial charge in [-0.2, -0.15) is 14.9 Å². The zero-order chi connectivity index (χ0) is 29.6. The molecule has 0 radical (unpaired) electrons. The minimum atomic E-state index is -0.795. The van der Waals surface area contributed by atoms with E-state index in [4.69, 9.17) is 25.2 Å². The number of imidazole rings is 1. The Balaban J connectivity index is 1.39. The molecule has 0 amide bonds. The minimum Gasteiger partial charge on any atom is -0.491 e. The van der Waals surface area contributed by atoms with E-state index in [0.717, 1.165) is 29.8 Å². The van der Waals surface area contributed by atoms with Gasteiger partial charge in [0.2, 0.25) is 5.95 Å². The van der Waals surface area contributed by atoms with Crippen molar-refractivity contribution in [2.45, 2.75) is 44.2 Å². The van der Waals surface area contributed by atoms with Gasteiger partial charge < -0.3 is 25.3 Å². The molecule has 0 aliphatic heterocycles. The fourth-order valence-corrected chi connectivity index (χ4v) is 5.55. The smallest absolute Gasteiger partial charge is 0.229 e. The summed E-state index contributed by atoms with van der Waals surface area (Å²) in [4.78, 5) is 8.77. The largest absolute Gasteiger partial charge is 0.491 e. The second-order valence-electron chi connectivity index (χ2n) is 10.4. The van der Waals surface area contributed by atoms with Crippen LogP contribution >= 0.6 is 0 Å². The number of pyridine rings is 1. The highest BCUT2D eigenvalue weighted by molar-refractivity contribution is 5.66. The molecule has 1 aliphatic carbocycles. The number of nitriles is 1. The van der Waals surface area contributed by atoms with Crippen LogP contribution in [-0.4, -0.2) is 58.7 Å². The van der Waals surface area contributed by atoms with Crippen LogP contribution in [0.2, 0.25) is 0 Å². The Hall–Kier alpha value is -4.18. The number of methoxy groups -OCH3 is 1. The van der Waals surface area contributed by atoms with E-state index in [2.05, 4.69) is 33.4 Å². The van der Waals surface area contributed by atoms with E-state index in [-0.39, 0.29) is 47.6 Å². The van der Waals surface area contributed by atoms with Crippen LogP contribution in [0.5, 0.6) is 5.75 Å². The van der Waals surface area contributed by atoms with Gasteiger partial charge >= 0.3 is 0 Å². The lowest BCUT2D eigenvalue weighted by Crippen LogP contribution is -2.46. The molecule has 3 N–H and O–H groups in total. The average molecular weight is 578 g/mol. The summed E-state index contributed by atoms with van der Waals surface area (Å²) in [5.41, 5.74) is 8.76. The molecule has 0 spiro atoms. The van der Waals surface area contributed by atoms with Gasteiger partial charge in [-0.3, -0.25) is 4.98 Å². The van der Waals surface area contributed by atoms with Crippen molar-refractivity contribution in [2.75, 3.05) is 32.2 Å². The molecule has 4 atom stereocenters. The molecule has 0 saturated heterocycles. The Morgan fingerprint density at radius 2 is 1.93 bits per heavy atom. The number of rotatable bonds is 11. The molecule has 220 valence electrons. The van der Waals surface area contributed by atoms with Gasteiger partial charge in [0, 0.05) is 31.5 Å². The summed E-state index contributed by atoms with van der Waals surface area (Å²) >= 11 is 0. The van der Waals surface area contributed by atoms with Crippen molar-refractivity contribution in [3.8, 4) is 23.1 Å². The van der Waals surface area contributed by atoms with Gasteiger partial charge in [-0.1, -0.05) is 6.92 Å². The Labute approximate surface area is 242 Å². The van der Waals surface area contributed by atoms with Crippen molar-refractivity contribution in [3.05, 3.63) is 66.1 Å². The summed E-state index contributed by atoms with van der Waals surface area (Å²) in [5.74, 6) is -0.826. The zero-order valence-corrected chi connectivity index (χ0v) is 23.5. The van der Waals surface area contributed by atoms with Gasteiger partial charge in [-0.05, 0) is 48.4 Å². The second-order valence-corrected chi connectivity index (χ2v) is 10.4. The number of hydrogen-bond acceptors (Lipinski definition) is 9. The van der Waals surface area contributed by atoms with Crippen LogP contribution in [0.25, 0.3) is 16.8 Å². The molecule has 1 fully saturated rings. The van der Waals surface area contributed by atoms with Crippen LogP contribution in [0.4, 0.5) is 20.4 Å². The molecule has 1 aromatic carbocycles. The van der Waals surface area contributed by atoms with Crippen molar-refractivity contribution in [1.29, 1.82) is 5.26 Å². The van der Waals surface area contributed by atoms with Crippen molar-refractivity contribution in [3.63, 3.8) is 0 Å². The summed E-state index contributed by atoms with van der Waals surface area (Å²) < 4.78 is 47.8. The number of aromatic nitrogens is 4. The maximum Gasteiger partial charge on any atom is 0.229 e.